The van der Waals surface area contributed by atoms with Crippen LogP contribution >= 0.6 is 0 Å². The molecular weight excluding hydrogens is 482 g/mol. The third kappa shape index (κ3) is 4.08. The molecule has 2 fully saturated rings. The summed E-state index contributed by atoms with van der Waals surface area (Å²) < 4.78 is 36.5. The lowest BCUT2D eigenvalue weighted by atomic mass is 10.1. The highest BCUT2D eigenvalue weighted by molar-refractivity contribution is 5.96. The molecular formula is C25H28F2N8O2. The third-order valence-corrected chi connectivity index (χ3v) is 7.12. The molecule has 10 nitrogen and oxygen atoms in total. The molecule has 2 aliphatic heterocycles. The lowest BCUT2D eigenvalue weighted by Gasteiger charge is -2.31. The third-order valence-electron chi connectivity index (χ3n) is 7.12. The minimum atomic E-state index is -2.74. The monoisotopic (exact) mass is 510 g/mol. The largest absolute Gasteiger partial charge is 0.378 e. The van der Waals surface area contributed by atoms with Gasteiger partial charge >= 0.3 is 0 Å². The maximum absolute atomic E-state index is 13.7. The van der Waals surface area contributed by atoms with Crippen LogP contribution in [0.4, 0.5) is 14.6 Å². The van der Waals surface area contributed by atoms with E-state index in [-0.39, 0.29) is 37.7 Å². The number of anilines is 1. The van der Waals surface area contributed by atoms with Crippen LogP contribution in [0.3, 0.4) is 0 Å². The van der Waals surface area contributed by atoms with Gasteiger partial charge in [0.05, 0.1) is 24.2 Å². The van der Waals surface area contributed by atoms with E-state index in [1.54, 1.807) is 11.6 Å². The van der Waals surface area contributed by atoms with Crippen LogP contribution in [-0.2, 0) is 18.2 Å². The van der Waals surface area contributed by atoms with Crippen molar-refractivity contribution in [3.8, 4) is 5.95 Å². The molecule has 0 atom stereocenters. The normalized spacial score (nSPS) is 18.2. The molecule has 6 rings (SSSR count). The number of likely N-dealkylation sites (tertiary alicyclic amines) is 1. The highest BCUT2D eigenvalue weighted by Crippen LogP contribution is 2.31. The highest BCUT2D eigenvalue weighted by Gasteiger charge is 2.37. The zero-order valence-electron chi connectivity index (χ0n) is 20.8. The summed E-state index contributed by atoms with van der Waals surface area (Å²) in [4.78, 5) is 36.2. The Morgan fingerprint density at radius 1 is 1.03 bits per heavy atom. The number of alkyl halides is 2. The number of fused-ring (bicyclic) bond motifs is 2. The van der Waals surface area contributed by atoms with Gasteiger partial charge in [0.25, 0.3) is 11.8 Å². The van der Waals surface area contributed by atoms with Gasteiger partial charge in [-0.15, -0.1) is 0 Å². The number of imidazole rings is 2. The SMILES string of the molecule is CCc1nc2ccccc2n1-c1nc(N2CCOCC2)c2nc(C(=O)N3CCC(F)(F)CC3)n(C)c2n1. The Bertz CT molecular complexity index is 1480. The van der Waals surface area contributed by atoms with E-state index in [9.17, 15) is 13.6 Å². The number of piperidine rings is 1. The number of nitrogens with zero attached hydrogens (tertiary/aromatic N) is 8. The van der Waals surface area contributed by atoms with Gasteiger partial charge in [0, 0.05) is 52.5 Å². The Morgan fingerprint density at radius 2 is 1.76 bits per heavy atom. The van der Waals surface area contributed by atoms with E-state index < -0.39 is 5.92 Å². The fraction of sp³-hybridized carbons (Fsp3) is 0.480. The second-order valence-electron chi connectivity index (χ2n) is 9.47. The van der Waals surface area contributed by atoms with Gasteiger partial charge in [0.15, 0.2) is 17.0 Å². The number of morpholine rings is 1. The summed E-state index contributed by atoms with van der Waals surface area (Å²) in [6.07, 6.45) is -0.0179. The Hall–Kier alpha value is -3.67. The maximum atomic E-state index is 13.7. The van der Waals surface area contributed by atoms with Crippen molar-refractivity contribution in [1.29, 1.82) is 0 Å². The van der Waals surface area contributed by atoms with Crippen LogP contribution in [0, 0.1) is 0 Å². The molecule has 194 valence electrons. The van der Waals surface area contributed by atoms with Crippen molar-refractivity contribution in [1.82, 2.24) is 34.0 Å². The zero-order valence-corrected chi connectivity index (χ0v) is 20.8. The summed E-state index contributed by atoms with van der Waals surface area (Å²) in [5.74, 6) is -1.08. The number of ether oxygens (including phenoxy) is 1. The molecule has 0 aliphatic carbocycles. The summed E-state index contributed by atoms with van der Waals surface area (Å²) in [7, 11) is 1.73. The van der Waals surface area contributed by atoms with Crippen LogP contribution in [0.2, 0.25) is 0 Å². The summed E-state index contributed by atoms with van der Waals surface area (Å²) in [6, 6.07) is 7.82. The van der Waals surface area contributed by atoms with Gasteiger partial charge in [0.1, 0.15) is 5.82 Å². The van der Waals surface area contributed by atoms with Crippen LogP contribution in [0.25, 0.3) is 28.1 Å². The molecule has 0 bridgehead atoms. The van der Waals surface area contributed by atoms with Crippen molar-refractivity contribution in [3.63, 3.8) is 0 Å². The number of halogens is 2. The number of amides is 1. The van der Waals surface area contributed by atoms with E-state index >= 15 is 0 Å². The van der Waals surface area contributed by atoms with Crippen molar-refractivity contribution in [3.05, 3.63) is 35.9 Å². The first kappa shape index (κ1) is 23.7. The lowest BCUT2D eigenvalue weighted by Crippen LogP contribution is -2.43. The molecule has 37 heavy (non-hydrogen) atoms. The van der Waals surface area contributed by atoms with Gasteiger partial charge in [-0.25, -0.2) is 18.7 Å². The first-order valence-electron chi connectivity index (χ1n) is 12.6. The molecule has 0 saturated carbocycles. The van der Waals surface area contributed by atoms with Gasteiger partial charge in [-0.05, 0) is 12.1 Å². The van der Waals surface area contributed by atoms with E-state index in [0.29, 0.717) is 55.7 Å². The number of hydrogen-bond donors (Lipinski definition) is 0. The molecule has 5 heterocycles. The summed E-state index contributed by atoms with van der Waals surface area (Å²) in [6.45, 7) is 4.36. The average Bonchev–Trinajstić information content (AvgIpc) is 3.46. The quantitative estimate of drug-likeness (QED) is 0.417. The molecule has 1 amide bonds. The Kier molecular flexibility index (Phi) is 5.78. The van der Waals surface area contributed by atoms with E-state index in [2.05, 4.69) is 9.88 Å². The fourth-order valence-corrected chi connectivity index (χ4v) is 5.04. The first-order valence-corrected chi connectivity index (χ1v) is 12.6. The highest BCUT2D eigenvalue weighted by atomic mass is 19.3. The molecule has 0 unspecified atom stereocenters. The molecule has 2 aliphatic rings. The van der Waals surface area contributed by atoms with Gasteiger partial charge in [0.2, 0.25) is 11.8 Å². The van der Waals surface area contributed by atoms with E-state index in [1.165, 1.54) is 4.90 Å². The molecule has 4 aromatic rings. The number of carbonyl (C=O) groups is 1. The fourth-order valence-electron chi connectivity index (χ4n) is 5.04. The van der Waals surface area contributed by atoms with E-state index in [0.717, 1.165) is 16.9 Å². The van der Waals surface area contributed by atoms with Gasteiger partial charge in [-0.1, -0.05) is 19.1 Å². The molecule has 3 aromatic heterocycles. The number of carbonyl (C=O) groups excluding carboxylic acids is 1. The van der Waals surface area contributed by atoms with Crippen LogP contribution < -0.4 is 4.90 Å². The van der Waals surface area contributed by atoms with Crippen molar-refractivity contribution < 1.29 is 18.3 Å². The smallest absolute Gasteiger partial charge is 0.289 e. The molecule has 2 saturated heterocycles. The number of rotatable bonds is 4. The summed E-state index contributed by atoms with van der Waals surface area (Å²) in [5, 5.41) is 0. The van der Waals surface area contributed by atoms with Crippen LogP contribution in [-0.4, -0.2) is 85.2 Å². The van der Waals surface area contributed by atoms with Crippen molar-refractivity contribution in [2.75, 3.05) is 44.3 Å². The van der Waals surface area contributed by atoms with E-state index in [4.69, 9.17) is 19.7 Å². The predicted octanol–water partition coefficient (Wildman–Crippen LogP) is 2.97. The van der Waals surface area contributed by atoms with Crippen LogP contribution in [0.1, 0.15) is 36.2 Å². The molecule has 0 spiro atoms. The number of aromatic nitrogens is 6. The summed E-state index contributed by atoms with van der Waals surface area (Å²) in [5.41, 5.74) is 2.73. The van der Waals surface area contributed by atoms with Crippen molar-refractivity contribution >= 4 is 33.9 Å². The lowest BCUT2D eigenvalue weighted by molar-refractivity contribution is -0.0496. The molecule has 0 radical (unpaired) electrons. The number of aryl methyl sites for hydroxylation is 2. The first-order chi connectivity index (χ1) is 17.9. The summed E-state index contributed by atoms with van der Waals surface area (Å²) >= 11 is 0. The predicted molar refractivity (Wildman–Crippen MR) is 133 cm³/mol. The minimum absolute atomic E-state index is 0.0107. The number of benzene rings is 1. The molecule has 0 N–H and O–H groups in total. The zero-order chi connectivity index (χ0) is 25.7. The molecule has 1 aromatic carbocycles. The number of hydrogen-bond acceptors (Lipinski definition) is 7. The average molecular weight is 511 g/mol. The van der Waals surface area contributed by atoms with E-state index in [1.807, 2.05) is 35.8 Å². The van der Waals surface area contributed by atoms with Crippen LogP contribution in [0.15, 0.2) is 24.3 Å². The second kappa shape index (κ2) is 9.02. The number of para-hydroxylation sites is 2. The van der Waals surface area contributed by atoms with Gasteiger partial charge < -0.3 is 19.1 Å². The van der Waals surface area contributed by atoms with Crippen LogP contribution in [0.5, 0.6) is 0 Å². The van der Waals surface area contributed by atoms with Crippen molar-refractivity contribution in [2.24, 2.45) is 7.05 Å². The molecule has 12 heteroatoms. The van der Waals surface area contributed by atoms with Crippen molar-refractivity contribution in [2.45, 2.75) is 32.1 Å². The Balaban J connectivity index is 1.51. The standard InChI is InChI=1S/C25H28F2N8O2/c1-3-18-28-16-6-4-5-7-17(16)35(18)24-30-20-19(21(31-24)33-12-14-37-15-13-33)29-22(32(20)2)23(36)34-10-8-25(26,27)9-11-34/h4-7H,3,8-15H2,1-2H3. The van der Waals surface area contributed by atoms with Gasteiger partial charge in [-0.3, -0.25) is 9.36 Å². The van der Waals surface area contributed by atoms with Gasteiger partial charge in [-0.2, -0.15) is 9.97 Å². The second-order valence-corrected chi connectivity index (χ2v) is 9.47. The Labute approximate surface area is 211 Å². The Morgan fingerprint density at radius 3 is 2.49 bits per heavy atom. The maximum Gasteiger partial charge on any atom is 0.289 e. The minimum Gasteiger partial charge on any atom is -0.378 e. The topological polar surface area (TPSA) is 94.2 Å².